The molecule has 9 heteroatoms. The first-order chi connectivity index (χ1) is 15.9. The van der Waals surface area contributed by atoms with Crippen LogP contribution in [0, 0.1) is 5.82 Å². The third-order valence-corrected chi connectivity index (χ3v) is 6.52. The van der Waals surface area contributed by atoms with Crippen LogP contribution < -0.4 is 10.2 Å². The Bertz CT molecular complexity index is 1110. The first-order valence-corrected chi connectivity index (χ1v) is 11.7. The summed E-state index contributed by atoms with van der Waals surface area (Å²) in [5.74, 6) is -0.534. The molecule has 2 aromatic carbocycles. The van der Waals surface area contributed by atoms with Gasteiger partial charge in [0.05, 0.1) is 20.8 Å². The summed E-state index contributed by atoms with van der Waals surface area (Å²) in [5, 5.41) is 3.76. The van der Waals surface area contributed by atoms with Crippen LogP contribution in [-0.2, 0) is 6.42 Å². The average molecular weight is 508 g/mol. The van der Waals surface area contributed by atoms with Gasteiger partial charge in [-0.3, -0.25) is 4.98 Å². The summed E-state index contributed by atoms with van der Waals surface area (Å²) in [6, 6.07) is 13.8. The number of benzene rings is 2. The van der Waals surface area contributed by atoms with Crippen molar-refractivity contribution in [3.05, 3.63) is 87.4 Å². The fourth-order valence-corrected chi connectivity index (χ4v) is 4.83. The standard InChI is InChI=1S/C24H22Cl3FN4O/c25-19-13-17(6-7-22(19)28)30-24(33)32-11-10-31(23-20(26)14-29-15-21(23)27)9-8-18(32)12-16-4-2-1-3-5-16/h1-7,13-15,18H,8-12H2,(H,30,33). The lowest BCUT2D eigenvalue weighted by Crippen LogP contribution is -2.44. The highest BCUT2D eigenvalue weighted by Gasteiger charge is 2.29. The second-order valence-corrected chi connectivity index (χ2v) is 9.05. The van der Waals surface area contributed by atoms with Crippen molar-refractivity contribution in [2.75, 3.05) is 29.9 Å². The van der Waals surface area contributed by atoms with Gasteiger partial charge in [0.25, 0.3) is 0 Å². The molecule has 2 amide bonds. The van der Waals surface area contributed by atoms with Crippen LogP contribution in [-0.4, -0.2) is 41.6 Å². The Kier molecular flexibility index (Phi) is 7.58. The lowest BCUT2D eigenvalue weighted by molar-refractivity contribution is 0.191. The summed E-state index contributed by atoms with van der Waals surface area (Å²) in [6.07, 6.45) is 4.54. The van der Waals surface area contributed by atoms with E-state index in [2.05, 4.69) is 27.3 Å². The first-order valence-electron chi connectivity index (χ1n) is 10.5. The number of hydrogen-bond donors (Lipinski definition) is 1. The van der Waals surface area contributed by atoms with E-state index in [1.54, 1.807) is 12.4 Å². The van der Waals surface area contributed by atoms with Crippen LogP contribution in [0.1, 0.15) is 12.0 Å². The number of amides is 2. The molecule has 1 atom stereocenters. The maximum absolute atomic E-state index is 13.5. The summed E-state index contributed by atoms with van der Waals surface area (Å²) in [7, 11) is 0. The lowest BCUT2D eigenvalue weighted by Gasteiger charge is -2.30. The largest absolute Gasteiger partial charge is 0.367 e. The number of anilines is 2. The molecular weight excluding hydrogens is 486 g/mol. The number of carbonyl (C=O) groups excluding carboxylic acids is 1. The Balaban J connectivity index is 1.58. The number of carbonyl (C=O) groups is 1. The number of halogens is 4. The predicted octanol–water partition coefficient (Wildman–Crippen LogP) is 6.54. The van der Waals surface area contributed by atoms with E-state index in [4.69, 9.17) is 34.8 Å². The smallest absolute Gasteiger partial charge is 0.322 e. The summed E-state index contributed by atoms with van der Waals surface area (Å²) in [6.45, 7) is 1.67. The van der Waals surface area contributed by atoms with Gasteiger partial charge < -0.3 is 15.1 Å². The van der Waals surface area contributed by atoms with Crippen molar-refractivity contribution in [2.24, 2.45) is 0 Å². The molecule has 1 unspecified atom stereocenters. The topological polar surface area (TPSA) is 48.5 Å². The first kappa shape index (κ1) is 23.6. The van der Waals surface area contributed by atoms with E-state index >= 15 is 0 Å². The predicted molar refractivity (Wildman–Crippen MR) is 132 cm³/mol. The van der Waals surface area contributed by atoms with Gasteiger partial charge in [-0.2, -0.15) is 0 Å². The minimum atomic E-state index is -0.534. The maximum atomic E-state index is 13.5. The van der Waals surface area contributed by atoms with Crippen molar-refractivity contribution >= 4 is 52.2 Å². The molecular formula is C24H22Cl3FN4O. The molecule has 1 aromatic heterocycles. The number of nitrogens with one attached hydrogen (secondary N) is 1. The van der Waals surface area contributed by atoms with Gasteiger partial charge in [-0.25, -0.2) is 9.18 Å². The van der Waals surface area contributed by atoms with Crippen molar-refractivity contribution in [1.82, 2.24) is 9.88 Å². The molecule has 1 fully saturated rings. The van der Waals surface area contributed by atoms with E-state index in [1.165, 1.54) is 18.2 Å². The normalized spacial score (nSPS) is 16.4. The minimum Gasteiger partial charge on any atom is -0.367 e. The van der Waals surface area contributed by atoms with Crippen molar-refractivity contribution in [3.63, 3.8) is 0 Å². The number of pyridine rings is 1. The van der Waals surface area contributed by atoms with Crippen molar-refractivity contribution < 1.29 is 9.18 Å². The van der Waals surface area contributed by atoms with Gasteiger partial charge in [0, 0.05) is 43.8 Å². The summed E-state index contributed by atoms with van der Waals surface area (Å²) in [5.41, 5.74) is 2.30. The van der Waals surface area contributed by atoms with Gasteiger partial charge in [-0.05, 0) is 36.6 Å². The molecule has 0 saturated carbocycles. The van der Waals surface area contributed by atoms with E-state index in [9.17, 15) is 9.18 Å². The molecule has 0 radical (unpaired) electrons. The average Bonchev–Trinajstić information content (AvgIpc) is 3.00. The maximum Gasteiger partial charge on any atom is 0.322 e. The molecule has 1 aliphatic heterocycles. The molecule has 0 bridgehead atoms. The monoisotopic (exact) mass is 506 g/mol. The van der Waals surface area contributed by atoms with Gasteiger partial charge in [0.15, 0.2) is 0 Å². The molecule has 0 spiro atoms. The molecule has 172 valence electrons. The fourth-order valence-electron chi connectivity index (χ4n) is 4.05. The Morgan fingerprint density at radius 3 is 2.42 bits per heavy atom. The quantitative estimate of drug-likeness (QED) is 0.436. The zero-order valence-corrected chi connectivity index (χ0v) is 19.9. The Morgan fingerprint density at radius 2 is 1.73 bits per heavy atom. The van der Waals surface area contributed by atoms with Crippen molar-refractivity contribution in [2.45, 2.75) is 18.9 Å². The van der Waals surface area contributed by atoms with Crippen LogP contribution in [0.2, 0.25) is 15.1 Å². The van der Waals surface area contributed by atoms with Gasteiger partial charge in [0.2, 0.25) is 0 Å². The second-order valence-electron chi connectivity index (χ2n) is 7.82. The van der Waals surface area contributed by atoms with Crippen LogP contribution in [0.3, 0.4) is 0 Å². The fraction of sp³-hybridized carbons (Fsp3) is 0.250. The van der Waals surface area contributed by atoms with E-state index in [1.807, 2.05) is 23.1 Å². The molecule has 3 aromatic rings. The number of rotatable bonds is 4. The molecule has 5 nitrogen and oxygen atoms in total. The second kappa shape index (κ2) is 10.6. The summed E-state index contributed by atoms with van der Waals surface area (Å²) >= 11 is 18.7. The Hall–Kier alpha value is -2.54. The number of nitrogens with zero attached hydrogens (tertiary/aromatic N) is 3. The van der Waals surface area contributed by atoms with Crippen molar-refractivity contribution in [1.29, 1.82) is 0 Å². The Labute approximate surface area is 207 Å². The third kappa shape index (κ3) is 5.69. The number of hydrogen-bond acceptors (Lipinski definition) is 3. The molecule has 2 heterocycles. The summed E-state index contributed by atoms with van der Waals surface area (Å²) in [4.78, 5) is 21.2. The highest BCUT2D eigenvalue weighted by atomic mass is 35.5. The molecule has 0 aliphatic carbocycles. The van der Waals surface area contributed by atoms with Gasteiger partial charge >= 0.3 is 6.03 Å². The highest BCUT2D eigenvalue weighted by molar-refractivity contribution is 6.38. The van der Waals surface area contributed by atoms with Gasteiger partial charge in [-0.1, -0.05) is 65.1 Å². The lowest BCUT2D eigenvalue weighted by atomic mass is 10.0. The van der Waals surface area contributed by atoms with Crippen LogP contribution in [0.25, 0.3) is 0 Å². The van der Waals surface area contributed by atoms with E-state index in [-0.39, 0.29) is 17.1 Å². The molecule has 1 saturated heterocycles. The molecule has 1 aliphatic rings. The zero-order valence-electron chi connectivity index (χ0n) is 17.6. The van der Waals surface area contributed by atoms with Crippen LogP contribution in [0.4, 0.5) is 20.6 Å². The third-order valence-electron chi connectivity index (χ3n) is 5.67. The molecule has 33 heavy (non-hydrogen) atoms. The molecule has 1 N–H and O–H groups in total. The van der Waals surface area contributed by atoms with Crippen LogP contribution in [0.5, 0.6) is 0 Å². The van der Waals surface area contributed by atoms with Crippen LogP contribution in [0.15, 0.2) is 60.9 Å². The SMILES string of the molecule is O=C(Nc1ccc(F)c(Cl)c1)N1CCN(c2c(Cl)cncc2Cl)CCC1Cc1ccccc1. The van der Waals surface area contributed by atoms with Gasteiger partial charge in [0.1, 0.15) is 5.82 Å². The van der Waals surface area contributed by atoms with E-state index < -0.39 is 5.82 Å². The number of urea groups is 1. The van der Waals surface area contributed by atoms with E-state index in [0.717, 1.165) is 11.3 Å². The van der Waals surface area contributed by atoms with E-state index in [0.29, 0.717) is 48.2 Å². The molecule has 4 rings (SSSR count). The van der Waals surface area contributed by atoms with Crippen molar-refractivity contribution in [3.8, 4) is 0 Å². The highest BCUT2D eigenvalue weighted by Crippen LogP contribution is 2.34. The summed E-state index contributed by atoms with van der Waals surface area (Å²) < 4.78 is 13.5. The number of aromatic nitrogens is 1. The van der Waals surface area contributed by atoms with Gasteiger partial charge in [-0.15, -0.1) is 0 Å². The zero-order chi connectivity index (χ0) is 23.4. The minimum absolute atomic E-state index is 0.0438. The van der Waals surface area contributed by atoms with Crippen LogP contribution >= 0.6 is 34.8 Å². The Morgan fingerprint density at radius 1 is 1.00 bits per heavy atom.